The van der Waals surface area contributed by atoms with Gasteiger partial charge in [0.1, 0.15) is 0 Å². The van der Waals surface area contributed by atoms with Gasteiger partial charge in [-0.25, -0.2) is 0 Å². The van der Waals surface area contributed by atoms with E-state index in [1.54, 1.807) is 0 Å². The summed E-state index contributed by atoms with van der Waals surface area (Å²) < 4.78 is 6.20. The van der Waals surface area contributed by atoms with Crippen LogP contribution >= 0.6 is 11.8 Å². The molecular weight excluding hydrogens is 254 g/mol. The smallest absolute Gasteiger partial charge is 0.0783 e. The van der Waals surface area contributed by atoms with Crippen LogP contribution in [0.2, 0.25) is 0 Å². The summed E-state index contributed by atoms with van der Waals surface area (Å²) in [5.74, 6) is 3.35. The Labute approximate surface area is 122 Å². The summed E-state index contributed by atoms with van der Waals surface area (Å²) in [6.07, 6.45) is 9.52. The summed E-state index contributed by atoms with van der Waals surface area (Å²) in [6, 6.07) is 0.696. The van der Waals surface area contributed by atoms with Crippen LogP contribution in [0.4, 0.5) is 0 Å². The molecule has 0 bridgehead atoms. The maximum absolute atomic E-state index is 6.20. The molecule has 3 fully saturated rings. The minimum atomic E-state index is 0.234. The van der Waals surface area contributed by atoms with Crippen LogP contribution in [-0.4, -0.2) is 36.8 Å². The van der Waals surface area contributed by atoms with E-state index in [0.717, 1.165) is 12.5 Å². The third kappa shape index (κ3) is 2.71. The topological polar surface area (TPSA) is 21.3 Å². The molecule has 3 atom stereocenters. The van der Waals surface area contributed by atoms with E-state index >= 15 is 0 Å². The fourth-order valence-electron chi connectivity index (χ4n) is 4.86. The fourth-order valence-corrected chi connectivity index (χ4v) is 6.24. The van der Waals surface area contributed by atoms with Crippen LogP contribution in [0.15, 0.2) is 0 Å². The molecule has 1 N–H and O–H groups in total. The zero-order valence-corrected chi connectivity index (χ0v) is 13.4. The maximum Gasteiger partial charge on any atom is 0.0783 e. The van der Waals surface area contributed by atoms with Crippen molar-refractivity contribution < 1.29 is 4.74 Å². The Kier molecular flexibility index (Phi) is 4.17. The predicted molar refractivity (Wildman–Crippen MR) is 82.8 cm³/mol. The molecule has 19 heavy (non-hydrogen) atoms. The molecule has 3 heteroatoms. The molecule has 0 radical (unpaired) electrons. The van der Waals surface area contributed by atoms with Crippen LogP contribution in [0, 0.1) is 11.3 Å². The highest BCUT2D eigenvalue weighted by atomic mass is 32.2. The molecule has 3 rings (SSSR count). The Morgan fingerprint density at radius 2 is 2.05 bits per heavy atom. The lowest BCUT2D eigenvalue weighted by atomic mass is 9.69. The predicted octanol–water partition coefficient (Wildman–Crippen LogP) is 3.46. The standard InChI is InChI=1S/C16H29NOS/c1-15(6-3-4-7-15)14(17-2)13-5-9-18-16(11-13)8-10-19-12-16/h13-14,17H,3-12H2,1-2H3. The molecule has 1 aliphatic carbocycles. The van der Waals surface area contributed by atoms with Crippen molar-refractivity contribution in [1.29, 1.82) is 0 Å². The molecular formula is C16H29NOS. The van der Waals surface area contributed by atoms with Crippen molar-refractivity contribution in [2.24, 2.45) is 11.3 Å². The van der Waals surface area contributed by atoms with Gasteiger partial charge in [-0.3, -0.25) is 0 Å². The zero-order chi connectivity index (χ0) is 13.3. The lowest BCUT2D eigenvalue weighted by molar-refractivity contribution is -0.0923. The van der Waals surface area contributed by atoms with Gasteiger partial charge in [-0.05, 0) is 56.2 Å². The van der Waals surface area contributed by atoms with Crippen molar-refractivity contribution in [2.75, 3.05) is 25.2 Å². The molecule has 0 aromatic rings. The molecule has 2 nitrogen and oxygen atoms in total. The number of nitrogens with one attached hydrogen (secondary N) is 1. The van der Waals surface area contributed by atoms with Crippen molar-refractivity contribution in [3.8, 4) is 0 Å². The van der Waals surface area contributed by atoms with E-state index in [2.05, 4.69) is 31.1 Å². The third-order valence-electron chi connectivity index (χ3n) is 5.88. The van der Waals surface area contributed by atoms with Gasteiger partial charge < -0.3 is 10.1 Å². The number of hydrogen-bond donors (Lipinski definition) is 1. The van der Waals surface area contributed by atoms with Crippen LogP contribution in [0.5, 0.6) is 0 Å². The van der Waals surface area contributed by atoms with Crippen molar-refractivity contribution in [3.63, 3.8) is 0 Å². The molecule has 3 unspecified atom stereocenters. The van der Waals surface area contributed by atoms with Crippen molar-refractivity contribution in [2.45, 2.75) is 63.5 Å². The molecule has 0 amide bonds. The van der Waals surface area contributed by atoms with Gasteiger partial charge in [0.15, 0.2) is 0 Å². The van der Waals surface area contributed by atoms with Crippen molar-refractivity contribution in [1.82, 2.24) is 5.32 Å². The molecule has 3 aliphatic rings. The van der Waals surface area contributed by atoms with Gasteiger partial charge >= 0.3 is 0 Å². The largest absolute Gasteiger partial charge is 0.374 e. The number of thioether (sulfide) groups is 1. The van der Waals surface area contributed by atoms with Gasteiger partial charge in [0.25, 0.3) is 0 Å². The quantitative estimate of drug-likeness (QED) is 0.857. The third-order valence-corrected chi connectivity index (χ3v) is 7.10. The summed E-state index contributed by atoms with van der Waals surface area (Å²) in [7, 11) is 2.18. The van der Waals surface area contributed by atoms with Gasteiger partial charge in [-0.15, -0.1) is 0 Å². The van der Waals surface area contributed by atoms with Crippen molar-refractivity contribution >= 4 is 11.8 Å². The lowest BCUT2D eigenvalue weighted by Crippen LogP contribution is -2.51. The second-order valence-electron chi connectivity index (χ2n) is 7.21. The van der Waals surface area contributed by atoms with E-state index in [9.17, 15) is 0 Å². The summed E-state index contributed by atoms with van der Waals surface area (Å²) in [6.45, 7) is 3.51. The second-order valence-corrected chi connectivity index (χ2v) is 8.32. The Balaban J connectivity index is 1.72. The van der Waals surface area contributed by atoms with Gasteiger partial charge in [0, 0.05) is 18.4 Å². The first-order chi connectivity index (χ1) is 9.18. The fraction of sp³-hybridized carbons (Fsp3) is 1.00. The van der Waals surface area contributed by atoms with Crippen LogP contribution in [0.25, 0.3) is 0 Å². The second kappa shape index (κ2) is 5.57. The first-order valence-electron chi connectivity index (χ1n) is 8.07. The van der Waals surface area contributed by atoms with Crippen molar-refractivity contribution in [3.05, 3.63) is 0 Å². The minimum absolute atomic E-state index is 0.234. The maximum atomic E-state index is 6.20. The highest BCUT2D eigenvalue weighted by Gasteiger charge is 2.47. The number of rotatable bonds is 3. The molecule has 2 heterocycles. The molecule has 2 saturated heterocycles. The molecule has 1 spiro atoms. The number of ether oxygens (including phenoxy) is 1. The summed E-state index contributed by atoms with van der Waals surface area (Å²) in [5, 5.41) is 3.70. The SMILES string of the molecule is CNC(C1CCOC2(CCSC2)C1)C1(C)CCCC1. The Morgan fingerprint density at radius 3 is 2.68 bits per heavy atom. The minimum Gasteiger partial charge on any atom is -0.374 e. The van der Waals surface area contributed by atoms with Crippen LogP contribution in [0.1, 0.15) is 51.9 Å². The highest BCUT2D eigenvalue weighted by Crippen LogP contribution is 2.48. The summed E-state index contributed by atoms with van der Waals surface area (Å²) >= 11 is 2.09. The van der Waals surface area contributed by atoms with Crippen LogP contribution < -0.4 is 5.32 Å². The Bertz CT molecular complexity index is 308. The van der Waals surface area contributed by atoms with E-state index in [1.165, 1.54) is 56.5 Å². The monoisotopic (exact) mass is 283 g/mol. The van der Waals surface area contributed by atoms with Gasteiger partial charge in [0.2, 0.25) is 0 Å². The molecule has 2 aliphatic heterocycles. The van der Waals surface area contributed by atoms with Crippen LogP contribution in [0.3, 0.4) is 0 Å². The number of hydrogen-bond acceptors (Lipinski definition) is 3. The van der Waals surface area contributed by atoms with Gasteiger partial charge in [0.05, 0.1) is 5.60 Å². The Hall–Kier alpha value is 0.270. The molecule has 1 saturated carbocycles. The molecule has 110 valence electrons. The van der Waals surface area contributed by atoms with E-state index in [1.807, 2.05) is 0 Å². The lowest BCUT2D eigenvalue weighted by Gasteiger charge is -2.46. The zero-order valence-electron chi connectivity index (χ0n) is 12.5. The average molecular weight is 283 g/mol. The summed E-state index contributed by atoms with van der Waals surface area (Å²) in [5.41, 5.74) is 0.765. The van der Waals surface area contributed by atoms with E-state index in [-0.39, 0.29) is 5.60 Å². The van der Waals surface area contributed by atoms with E-state index < -0.39 is 0 Å². The van der Waals surface area contributed by atoms with E-state index in [4.69, 9.17) is 4.74 Å². The highest BCUT2D eigenvalue weighted by molar-refractivity contribution is 7.99. The first kappa shape index (κ1) is 14.2. The Morgan fingerprint density at radius 1 is 1.26 bits per heavy atom. The average Bonchev–Trinajstić information content (AvgIpc) is 3.01. The van der Waals surface area contributed by atoms with Crippen LogP contribution in [-0.2, 0) is 4.74 Å². The van der Waals surface area contributed by atoms with Gasteiger partial charge in [-0.2, -0.15) is 11.8 Å². The molecule has 0 aromatic carbocycles. The summed E-state index contributed by atoms with van der Waals surface area (Å²) in [4.78, 5) is 0. The first-order valence-corrected chi connectivity index (χ1v) is 9.22. The van der Waals surface area contributed by atoms with Gasteiger partial charge in [-0.1, -0.05) is 19.8 Å². The van der Waals surface area contributed by atoms with E-state index in [0.29, 0.717) is 11.5 Å². The molecule has 0 aromatic heterocycles. The normalized spacial score (nSPS) is 39.8.